The van der Waals surface area contributed by atoms with Gasteiger partial charge in [-0.3, -0.25) is 4.79 Å². The van der Waals surface area contributed by atoms with E-state index in [0.29, 0.717) is 22.7 Å². The second kappa shape index (κ2) is 9.72. The number of nitrogens with one attached hydrogen (secondary N) is 2. The fourth-order valence-electron chi connectivity index (χ4n) is 3.64. The number of nitrogens with two attached hydrogens (primary N) is 1. The molecule has 1 unspecified atom stereocenters. The van der Waals surface area contributed by atoms with Gasteiger partial charge in [0.25, 0.3) is 5.91 Å². The molecule has 0 bridgehead atoms. The highest BCUT2D eigenvalue weighted by molar-refractivity contribution is 6.05. The van der Waals surface area contributed by atoms with Gasteiger partial charge in [-0.1, -0.05) is 6.07 Å². The molecule has 7 nitrogen and oxygen atoms in total. The number of hydrogen-bond acceptors (Lipinski definition) is 6. The van der Waals surface area contributed by atoms with Gasteiger partial charge in [0.15, 0.2) is 11.6 Å². The minimum atomic E-state index is -0.666. The van der Waals surface area contributed by atoms with E-state index in [0.717, 1.165) is 18.4 Å². The van der Waals surface area contributed by atoms with Crippen LogP contribution in [0, 0.1) is 18.6 Å². The Hall–Kier alpha value is -3.59. The molecule has 1 aromatic heterocycles. The van der Waals surface area contributed by atoms with Crippen LogP contribution < -0.4 is 21.1 Å². The third-order valence-corrected chi connectivity index (χ3v) is 5.96. The minimum absolute atomic E-state index is 0.0251. The number of nitrogens with zero attached hydrogens (tertiary/aromatic N) is 2. The summed E-state index contributed by atoms with van der Waals surface area (Å²) in [7, 11) is 1.80. The van der Waals surface area contributed by atoms with Crippen LogP contribution in [-0.2, 0) is 0 Å². The van der Waals surface area contributed by atoms with Crippen molar-refractivity contribution in [2.75, 3.05) is 24.7 Å². The van der Waals surface area contributed by atoms with Gasteiger partial charge >= 0.3 is 0 Å². The molecule has 1 heterocycles. The van der Waals surface area contributed by atoms with Gasteiger partial charge in [0.2, 0.25) is 0 Å². The number of carbonyl (C=O) groups excluding carboxylic acids is 1. The smallest absolute Gasteiger partial charge is 0.258 e. The van der Waals surface area contributed by atoms with E-state index in [2.05, 4.69) is 20.6 Å². The molecule has 1 fully saturated rings. The van der Waals surface area contributed by atoms with Gasteiger partial charge in [-0.2, -0.15) is 0 Å². The Morgan fingerprint density at radius 1 is 1.24 bits per heavy atom. The molecule has 1 aliphatic rings. The Balaban J connectivity index is 1.66. The second-order valence-electron chi connectivity index (χ2n) is 8.53. The van der Waals surface area contributed by atoms with Crippen LogP contribution in [0.3, 0.4) is 0 Å². The molecule has 9 heteroatoms. The lowest BCUT2D eigenvalue weighted by atomic mass is 10.0. The van der Waals surface area contributed by atoms with Crippen molar-refractivity contribution in [3.05, 3.63) is 65.0 Å². The van der Waals surface area contributed by atoms with Crippen molar-refractivity contribution in [1.82, 2.24) is 15.3 Å². The molecule has 2 aromatic carbocycles. The number of carbonyl (C=O) groups is 1. The summed E-state index contributed by atoms with van der Waals surface area (Å²) in [5, 5.41) is 5.69. The van der Waals surface area contributed by atoms with Crippen LogP contribution in [0.4, 0.5) is 20.3 Å². The summed E-state index contributed by atoms with van der Waals surface area (Å²) >= 11 is 0. The summed E-state index contributed by atoms with van der Waals surface area (Å²) in [5.74, 6) is -1.17. The van der Waals surface area contributed by atoms with Gasteiger partial charge < -0.3 is 21.1 Å². The molecule has 1 amide bonds. The predicted molar refractivity (Wildman–Crippen MR) is 127 cm³/mol. The molecule has 178 valence electrons. The average molecular weight is 468 g/mol. The molecule has 0 spiro atoms. The van der Waals surface area contributed by atoms with E-state index in [4.69, 9.17) is 10.5 Å². The molecule has 3 aromatic rings. The van der Waals surface area contributed by atoms with E-state index < -0.39 is 17.5 Å². The van der Waals surface area contributed by atoms with E-state index in [1.54, 1.807) is 20.0 Å². The Kier molecular flexibility index (Phi) is 6.74. The van der Waals surface area contributed by atoms with Crippen molar-refractivity contribution in [1.29, 1.82) is 0 Å². The largest absolute Gasteiger partial charge is 0.486 e. The van der Waals surface area contributed by atoms with E-state index >= 15 is 0 Å². The van der Waals surface area contributed by atoms with Gasteiger partial charge in [0.1, 0.15) is 30.3 Å². The zero-order chi connectivity index (χ0) is 24.4. The lowest BCUT2D eigenvalue weighted by molar-refractivity contribution is 0.102. The SMILES string of the molecule is CNC(C)COc1c(N)ncnc1-c1cc(F)cc(NC(=O)c2ccc(C3CC3)cc2F)c1C. The maximum absolute atomic E-state index is 14.6. The maximum atomic E-state index is 14.6. The Morgan fingerprint density at radius 2 is 2.00 bits per heavy atom. The zero-order valence-corrected chi connectivity index (χ0v) is 19.3. The zero-order valence-electron chi connectivity index (χ0n) is 19.3. The van der Waals surface area contributed by atoms with Crippen LogP contribution in [-0.4, -0.2) is 35.6 Å². The highest BCUT2D eigenvalue weighted by Gasteiger charge is 2.25. The Bertz CT molecular complexity index is 1230. The molecule has 1 aliphatic carbocycles. The number of amides is 1. The number of benzene rings is 2. The molecule has 0 aliphatic heterocycles. The number of hydrogen-bond donors (Lipinski definition) is 3. The van der Waals surface area contributed by atoms with Crippen molar-refractivity contribution in [3.8, 4) is 17.0 Å². The summed E-state index contributed by atoms with van der Waals surface area (Å²) in [6.07, 6.45) is 3.32. The van der Waals surface area contributed by atoms with Crippen molar-refractivity contribution in [2.45, 2.75) is 38.6 Å². The second-order valence-corrected chi connectivity index (χ2v) is 8.53. The fourth-order valence-corrected chi connectivity index (χ4v) is 3.64. The van der Waals surface area contributed by atoms with Crippen molar-refractivity contribution < 1.29 is 18.3 Å². The predicted octanol–water partition coefficient (Wildman–Crippen LogP) is 4.43. The summed E-state index contributed by atoms with van der Waals surface area (Å²) in [4.78, 5) is 21.1. The third kappa shape index (κ3) is 4.99. The van der Waals surface area contributed by atoms with Crippen LogP contribution in [0.25, 0.3) is 11.3 Å². The first-order valence-corrected chi connectivity index (χ1v) is 11.1. The highest BCUT2D eigenvalue weighted by Crippen LogP contribution is 2.40. The molecule has 4 rings (SSSR count). The first-order valence-electron chi connectivity index (χ1n) is 11.1. The van der Waals surface area contributed by atoms with Crippen molar-refractivity contribution in [2.24, 2.45) is 0 Å². The van der Waals surface area contributed by atoms with Gasteiger partial charge in [0.05, 0.1) is 5.56 Å². The van der Waals surface area contributed by atoms with Gasteiger partial charge in [-0.15, -0.1) is 0 Å². The van der Waals surface area contributed by atoms with Gasteiger partial charge in [-0.05, 0) is 75.0 Å². The molecular weight excluding hydrogens is 440 g/mol. The van der Waals surface area contributed by atoms with E-state index in [1.165, 1.54) is 30.6 Å². The van der Waals surface area contributed by atoms with Crippen LogP contribution in [0.1, 0.15) is 47.2 Å². The third-order valence-electron chi connectivity index (χ3n) is 5.96. The van der Waals surface area contributed by atoms with Crippen molar-refractivity contribution in [3.63, 3.8) is 0 Å². The topological polar surface area (TPSA) is 102 Å². The molecule has 34 heavy (non-hydrogen) atoms. The van der Waals surface area contributed by atoms with Crippen LogP contribution >= 0.6 is 0 Å². The monoisotopic (exact) mass is 467 g/mol. The summed E-state index contributed by atoms with van der Waals surface area (Å²) in [5.41, 5.74) is 8.19. The van der Waals surface area contributed by atoms with E-state index in [1.807, 2.05) is 6.92 Å². The lowest BCUT2D eigenvalue weighted by Gasteiger charge is -2.18. The number of nitrogen functional groups attached to an aromatic ring is 1. The average Bonchev–Trinajstić information content (AvgIpc) is 3.65. The molecule has 1 atom stereocenters. The number of likely N-dealkylation sites (N-methyl/N-ethyl adjacent to an activating group) is 1. The standard InChI is InChI=1S/C25H27F2N5O2/c1-13(29-3)11-34-23-22(30-12-31-24(23)28)19-9-17(26)10-21(14(19)2)32-25(33)18-7-6-16(8-20(18)27)15-4-5-15/h6-10,12-13,15,29H,4-5,11H2,1-3H3,(H,32,33)(H2,28,30,31). The fraction of sp³-hybridized carbons (Fsp3) is 0.320. The first-order chi connectivity index (χ1) is 16.3. The van der Waals surface area contributed by atoms with E-state index in [9.17, 15) is 13.6 Å². The van der Waals surface area contributed by atoms with E-state index in [-0.39, 0.29) is 35.5 Å². The van der Waals surface area contributed by atoms with Crippen LogP contribution in [0.2, 0.25) is 0 Å². The molecule has 0 saturated heterocycles. The lowest BCUT2D eigenvalue weighted by Crippen LogP contribution is -2.28. The minimum Gasteiger partial charge on any atom is -0.486 e. The normalized spacial score (nSPS) is 14.0. The van der Waals surface area contributed by atoms with Gasteiger partial charge in [0, 0.05) is 17.3 Å². The summed E-state index contributed by atoms with van der Waals surface area (Å²) in [6.45, 7) is 3.92. The molecule has 4 N–H and O–H groups in total. The number of aromatic nitrogens is 2. The molecule has 1 saturated carbocycles. The van der Waals surface area contributed by atoms with Crippen LogP contribution in [0.15, 0.2) is 36.7 Å². The Morgan fingerprint density at radius 3 is 2.68 bits per heavy atom. The number of halogens is 2. The summed E-state index contributed by atoms with van der Waals surface area (Å²) < 4.78 is 35.1. The maximum Gasteiger partial charge on any atom is 0.258 e. The quantitative estimate of drug-likeness (QED) is 0.453. The first kappa shape index (κ1) is 23.6. The highest BCUT2D eigenvalue weighted by atomic mass is 19.1. The number of rotatable bonds is 8. The molecule has 0 radical (unpaired) electrons. The summed E-state index contributed by atoms with van der Waals surface area (Å²) in [6, 6.07) is 7.12. The number of ether oxygens (including phenoxy) is 1. The van der Waals surface area contributed by atoms with Gasteiger partial charge in [-0.25, -0.2) is 18.7 Å². The van der Waals surface area contributed by atoms with Crippen LogP contribution in [0.5, 0.6) is 5.75 Å². The molecular formula is C25H27F2N5O2. The number of anilines is 2. The Labute approximate surface area is 196 Å². The van der Waals surface area contributed by atoms with Crippen molar-refractivity contribution >= 4 is 17.4 Å².